The fourth-order valence-electron chi connectivity index (χ4n) is 2.42. The molecule has 1 fully saturated rings. The molecule has 1 heterocycles. The summed E-state index contributed by atoms with van der Waals surface area (Å²) in [6.45, 7) is 6.09. The summed E-state index contributed by atoms with van der Waals surface area (Å²) < 4.78 is 0. The van der Waals surface area contributed by atoms with Gasteiger partial charge in [-0.3, -0.25) is 0 Å². The Kier molecular flexibility index (Phi) is 3.83. The van der Waals surface area contributed by atoms with E-state index in [0.29, 0.717) is 0 Å². The lowest BCUT2D eigenvalue weighted by Gasteiger charge is -2.39. The first kappa shape index (κ1) is 11.5. The van der Waals surface area contributed by atoms with E-state index < -0.39 is 0 Å². The van der Waals surface area contributed by atoms with Crippen molar-refractivity contribution >= 4 is 5.69 Å². The van der Waals surface area contributed by atoms with Crippen molar-refractivity contribution in [3.63, 3.8) is 0 Å². The highest BCUT2D eigenvalue weighted by Crippen LogP contribution is 2.20. The number of nitrogens with two attached hydrogens (primary N) is 1. The molecular weight excluding hydrogens is 196 g/mol. The van der Waals surface area contributed by atoms with Crippen LogP contribution in [0.25, 0.3) is 0 Å². The van der Waals surface area contributed by atoms with Gasteiger partial charge in [-0.1, -0.05) is 25.5 Å². The smallest absolute Gasteiger partial charge is 0.0314 e. The lowest BCUT2D eigenvalue weighted by molar-refractivity contribution is 0.0953. The molecule has 1 aromatic rings. The molecule has 1 aliphatic heterocycles. The highest BCUT2D eigenvalue weighted by atomic mass is 15.2. The second-order valence-corrected chi connectivity index (χ2v) is 4.91. The van der Waals surface area contributed by atoms with Gasteiger partial charge >= 0.3 is 0 Å². The summed E-state index contributed by atoms with van der Waals surface area (Å²) in [4.78, 5) is 2.55. The van der Waals surface area contributed by atoms with E-state index in [1.165, 1.54) is 38.0 Å². The summed E-state index contributed by atoms with van der Waals surface area (Å²) in [5.41, 5.74) is 7.91. The van der Waals surface area contributed by atoms with E-state index in [1.54, 1.807) is 0 Å². The Morgan fingerprint density at radius 1 is 1.25 bits per heavy atom. The van der Waals surface area contributed by atoms with Gasteiger partial charge in [0.1, 0.15) is 0 Å². The van der Waals surface area contributed by atoms with Gasteiger partial charge in [-0.2, -0.15) is 0 Å². The van der Waals surface area contributed by atoms with Crippen LogP contribution >= 0.6 is 0 Å². The quantitative estimate of drug-likeness (QED) is 0.770. The van der Waals surface area contributed by atoms with E-state index >= 15 is 0 Å². The number of anilines is 1. The minimum Gasteiger partial charge on any atom is -0.399 e. The van der Waals surface area contributed by atoms with Gasteiger partial charge in [0.25, 0.3) is 0 Å². The van der Waals surface area contributed by atoms with Crippen LogP contribution in [-0.4, -0.2) is 24.5 Å². The largest absolute Gasteiger partial charge is 0.399 e. The number of benzene rings is 1. The molecule has 16 heavy (non-hydrogen) atoms. The van der Waals surface area contributed by atoms with Crippen LogP contribution in [0.1, 0.15) is 25.3 Å². The molecule has 2 heteroatoms. The van der Waals surface area contributed by atoms with Crippen molar-refractivity contribution in [2.45, 2.75) is 26.2 Å². The maximum atomic E-state index is 5.66. The molecule has 0 aliphatic carbocycles. The van der Waals surface area contributed by atoms with Gasteiger partial charge in [-0.25, -0.2) is 0 Å². The average Bonchev–Trinajstić information content (AvgIpc) is 2.24. The minimum absolute atomic E-state index is 0.857. The first-order valence-corrected chi connectivity index (χ1v) is 6.34. The molecule has 2 nitrogen and oxygen atoms in total. The second-order valence-electron chi connectivity index (χ2n) is 4.91. The van der Waals surface area contributed by atoms with E-state index in [4.69, 9.17) is 5.73 Å². The molecule has 1 aliphatic rings. The zero-order valence-corrected chi connectivity index (χ0v) is 10.2. The Bertz CT molecular complexity index is 312. The molecule has 1 saturated heterocycles. The van der Waals surface area contributed by atoms with Crippen LogP contribution in [0.4, 0.5) is 5.69 Å². The first-order valence-electron chi connectivity index (χ1n) is 6.34. The van der Waals surface area contributed by atoms with Crippen molar-refractivity contribution < 1.29 is 0 Å². The summed E-state index contributed by atoms with van der Waals surface area (Å²) in [7, 11) is 0. The number of nitrogen functional groups attached to an aromatic ring is 1. The van der Waals surface area contributed by atoms with Crippen molar-refractivity contribution in [2.75, 3.05) is 25.4 Å². The van der Waals surface area contributed by atoms with Gasteiger partial charge < -0.3 is 10.6 Å². The van der Waals surface area contributed by atoms with Crippen LogP contribution in [0.15, 0.2) is 24.3 Å². The maximum absolute atomic E-state index is 5.66. The van der Waals surface area contributed by atoms with Crippen LogP contribution in [0.2, 0.25) is 0 Å². The predicted molar refractivity (Wildman–Crippen MR) is 69.4 cm³/mol. The summed E-state index contributed by atoms with van der Waals surface area (Å²) in [6, 6.07) is 8.26. The van der Waals surface area contributed by atoms with Gasteiger partial charge in [0.2, 0.25) is 0 Å². The van der Waals surface area contributed by atoms with Crippen molar-refractivity contribution in [1.82, 2.24) is 4.90 Å². The van der Waals surface area contributed by atoms with Crippen LogP contribution in [0.5, 0.6) is 0 Å². The molecule has 1 aromatic carbocycles. The lowest BCUT2D eigenvalue weighted by Crippen LogP contribution is -2.47. The van der Waals surface area contributed by atoms with Crippen molar-refractivity contribution in [2.24, 2.45) is 5.92 Å². The van der Waals surface area contributed by atoms with Gasteiger partial charge in [0.15, 0.2) is 0 Å². The molecule has 2 rings (SSSR count). The van der Waals surface area contributed by atoms with Crippen LogP contribution in [-0.2, 0) is 6.42 Å². The van der Waals surface area contributed by atoms with Gasteiger partial charge in [0.05, 0.1) is 0 Å². The normalized spacial score (nSPS) is 17.3. The monoisotopic (exact) mass is 218 g/mol. The molecule has 0 spiro atoms. The molecule has 0 saturated carbocycles. The Balaban J connectivity index is 1.67. The Morgan fingerprint density at radius 2 is 1.94 bits per heavy atom. The van der Waals surface area contributed by atoms with Crippen molar-refractivity contribution in [3.05, 3.63) is 29.8 Å². The zero-order valence-electron chi connectivity index (χ0n) is 10.2. The summed E-state index contributed by atoms with van der Waals surface area (Å²) >= 11 is 0. The molecule has 0 unspecified atom stereocenters. The SMILES string of the molecule is CCCC1CN(CCc2ccc(N)cc2)C1. The number of nitrogens with zero attached hydrogens (tertiary/aromatic N) is 1. The van der Waals surface area contributed by atoms with Crippen LogP contribution < -0.4 is 5.73 Å². The van der Waals surface area contributed by atoms with Crippen molar-refractivity contribution in [3.8, 4) is 0 Å². The van der Waals surface area contributed by atoms with E-state index in [1.807, 2.05) is 12.1 Å². The van der Waals surface area contributed by atoms with E-state index in [0.717, 1.165) is 18.0 Å². The maximum Gasteiger partial charge on any atom is 0.0314 e. The van der Waals surface area contributed by atoms with Crippen LogP contribution in [0, 0.1) is 5.92 Å². The highest BCUT2D eigenvalue weighted by Gasteiger charge is 2.24. The summed E-state index contributed by atoms with van der Waals surface area (Å²) in [5.74, 6) is 0.969. The molecule has 0 bridgehead atoms. The molecular formula is C14H22N2. The zero-order chi connectivity index (χ0) is 11.4. The third kappa shape index (κ3) is 2.99. The van der Waals surface area contributed by atoms with Gasteiger partial charge in [-0.15, -0.1) is 0 Å². The van der Waals surface area contributed by atoms with Gasteiger partial charge in [-0.05, 0) is 36.5 Å². The molecule has 0 amide bonds. The lowest BCUT2D eigenvalue weighted by atomic mass is 9.94. The standard InChI is InChI=1S/C14H22N2/c1-2-3-13-10-16(11-13)9-8-12-4-6-14(15)7-5-12/h4-7,13H,2-3,8-11,15H2,1H3. The molecule has 0 aromatic heterocycles. The van der Waals surface area contributed by atoms with E-state index in [2.05, 4.69) is 24.0 Å². The average molecular weight is 218 g/mol. The van der Waals surface area contributed by atoms with Gasteiger partial charge in [0, 0.05) is 25.3 Å². The molecule has 0 atom stereocenters. The number of hydrogen-bond donors (Lipinski definition) is 1. The number of likely N-dealkylation sites (tertiary alicyclic amines) is 1. The summed E-state index contributed by atoms with van der Waals surface area (Å²) in [6.07, 6.45) is 3.88. The fourth-order valence-corrected chi connectivity index (χ4v) is 2.42. The Hall–Kier alpha value is -1.02. The molecule has 0 radical (unpaired) electrons. The highest BCUT2D eigenvalue weighted by molar-refractivity contribution is 5.39. The minimum atomic E-state index is 0.857. The molecule has 88 valence electrons. The summed E-state index contributed by atoms with van der Waals surface area (Å²) in [5, 5.41) is 0. The van der Waals surface area contributed by atoms with Crippen molar-refractivity contribution in [1.29, 1.82) is 0 Å². The topological polar surface area (TPSA) is 29.3 Å². The second kappa shape index (κ2) is 5.35. The van der Waals surface area contributed by atoms with Crippen LogP contribution in [0.3, 0.4) is 0 Å². The fraction of sp³-hybridized carbons (Fsp3) is 0.571. The molecule has 2 N–H and O–H groups in total. The Morgan fingerprint density at radius 3 is 2.56 bits per heavy atom. The Labute approximate surface area is 98.4 Å². The van der Waals surface area contributed by atoms with E-state index in [9.17, 15) is 0 Å². The first-order chi connectivity index (χ1) is 7.78. The van der Waals surface area contributed by atoms with E-state index in [-0.39, 0.29) is 0 Å². The third-order valence-corrected chi connectivity index (χ3v) is 3.43. The number of hydrogen-bond acceptors (Lipinski definition) is 2. The third-order valence-electron chi connectivity index (χ3n) is 3.43. The predicted octanol–water partition coefficient (Wildman–Crippen LogP) is 2.54. The number of rotatable bonds is 5.